The largest absolute Gasteiger partial charge is 0.321 e. The third-order valence-electron chi connectivity index (χ3n) is 8.35. The van der Waals surface area contributed by atoms with Crippen LogP contribution in [0.25, 0.3) is 0 Å². The number of nitrogens with one attached hydrogen (secondary N) is 2. The van der Waals surface area contributed by atoms with Crippen molar-refractivity contribution in [1.82, 2.24) is 0 Å². The normalized spacial score (nSPS) is 12.5. The maximum absolute atomic E-state index is 13.7. The number of carbonyl (C=O) groups excluding carboxylic acids is 2. The summed E-state index contributed by atoms with van der Waals surface area (Å²) in [6.07, 6.45) is 0. The van der Waals surface area contributed by atoms with Gasteiger partial charge in [-0.15, -0.1) is 0 Å². The van der Waals surface area contributed by atoms with E-state index in [9.17, 15) is 9.59 Å². The number of carbonyl (C=O) groups is 2. The molecule has 0 aliphatic rings. The van der Waals surface area contributed by atoms with Gasteiger partial charge in [-0.3, -0.25) is 9.59 Å². The molecule has 0 aromatic heterocycles. The van der Waals surface area contributed by atoms with Crippen LogP contribution in [0.2, 0.25) is 0 Å². The van der Waals surface area contributed by atoms with Crippen molar-refractivity contribution < 1.29 is 9.59 Å². The fraction of sp³-hybridized carbons (Fsp3) is 0.381. The van der Waals surface area contributed by atoms with E-state index in [1.807, 2.05) is 72.8 Å². The monoisotopic (exact) mass is 680 g/mol. The van der Waals surface area contributed by atoms with Crippen LogP contribution in [0.4, 0.5) is 11.4 Å². The molecule has 6 heteroatoms. The first kappa shape index (κ1) is 37.3. The van der Waals surface area contributed by atoms with E-state index in [0.29, 0.717) is 11.1 Å². The van der Waals surface area contributed by atoms with Gasteiger partial charge in [0.25, 0.3) is 11.8 Å². The summed E-state index contributed by atoms with van der Waals surface area (Å²) in [6, 6.07) is 28.2. The van der Waals surface area contributed by atoms with Gasteiger partial charge in [-0.25, -0.2) is 0 Å². The van der Waals surface area contributed by atoms with E-state index >= 15 is 0 Å². The Bertz CT molecular complexity index is 1600. The molecule has 2 N–H and O–H groups in total. The van der Waals surface area contributed by atoms with Crippen LogP contribution in [0.5, 0.6) is 0 Å². The molecule has 2 amide bonds. The van der Waals surface area contributed by atoms with Crippen LogP contribution in [-0.4, -0.2) is 11.8 Å². The summed E-state index contributed by atoms with van der Waals surface area (Å²) in [5.74, 6) is -0.270. The van der Waals surface area contributed by atoms with E-state index in [4.69, 9.17) is 0 Å². The van der Waals surface area contributed by atoms with Crippen molar-refractivity contribution in [3.8, 4) is 0 Å². The molecule has 0 unspecified atom stereocenters. The smallest absolute Gasteiger partial charge is 0.255 e. The SMILES string of the molecule is CC(C)(C)c1cc(C(=O)Nc2ccccc2SSc2ccccc2NC(=O)c2cc(C(C)(C)C)cc(C(C)(C)C)c2)cc(C(C)(C)C)c1. The summed E-state index contributed by atoms with van der Waals surface area (Å²) in [4.78, 5) is 29.3. The summed E-state index contributed by atoms with van der Waals surface area (Å²) >= 11 is 0. The zero-order chi connectivity index (χ0) is 35.7. The quantitative estimate of drug-likeness (QED) is 0.191. The molecule has 4 nitrogen and oxygen atoms in total. The molecule has 48 heavy (non-hydrogen) atoms. The van der Waals surface area contributed by atoms with Gasteiger partial charge in [0, 0.05) is 20.9 Å². The van der Waals surface area contributed by atoms with E-state index in [-0.39, 0.29) is 33.5 Å². The minimum atomic E-state index is -0.135. The Hall–Kier alpha value is -3.48. The molecule has 0 radical (unpaired) electrons. The standard InChI is InChI=1S/C42H52N2O2S2/c1-39(2,3)29-21-27(22-30(25-29)40(4,5)6)37(45)43-33-17-13-15-19-35(33)47-48-36-20-16-14-18-34(36)44-38(46)28-23-31(41(7,8)9)26-32(24-28)42(10,11)12/h13-26H,1-12H3,(H,43,45)(H,44,46). The van der Waals surface area contributed by atoms with Crippen molar-refractivity contribution in [2.24, 2.45) is 0 Å². The molecular formula is C42H52N2O2S2. The highest BCUT2D eigenvalue weighted by atomic mass is 33.1. The molecule has 4 aromatic carbocycles. The van der Waals surface area contributed by atoms with E-state index in [2.05, 4.69) is 106 Å². The van der Waals surface area contributed by atoms with Gasteiger partial charge in [0.15, 0.2) is 0 Å². The van der Waals surface area contributed by atoms with Crippen LogP contribution < -0.4 is 10.6 Å². The van der Waals surface area contributed by atoms with Gasteiger partial charge in [0.05, 0.1) is 11.4 Å². The molecule has 4 aromatic rings. The molecule has 0 spiro atoms. The highest BCUT2D eigenvalue weighted by molar-refractivity contribution is 8.76. The van der Waals surface area contributed by atoms with Crippen LogP contribution in [0.1, 0.15) is 126 Å². The summed E-state index contributed by atoms with van der Waals surface area (Å²) in [7, 11) is 3.10. The van der Waals surface area contributed by atoms with Crippen molar-refractivity contribution in [3.63, 3.8) is 0 Å². The minimum Gasteiger partial charge on any atom is -0.321 e. The second-order valence-corrected chi connectivity index (χ2v) is 18.9. The predicted octanol–water partition coefficient (Wildman–Crippen LogP) is 12.2. The molecule has 0 fully saturated rings. The third-order valence-corrected chi connectivity index (χ3v) is 10.8. The van der Waals surface area contributed by atoms with Gasteiger partial charge < -0.3 is 10.6 Å². The van der Waals surface area contributed by atoms with Crippen LogP contribution in [0.3, 0.4) is 0 Å². The molecule has 0 atom stereocenters. The highest BCUT2D eigenvalue weighted by Gasteiger charge is 2.24. The van der Waals surface area contributed by atoms with E-state index < -0.39 is 0 Å². The highest BCUT2D eigenvalue weighted by Crippen LogP contribution is 2.44. The predicted molar refractivity (Wildman–Crippen MR) is 208 cm³/mol. The topological polar surface area (TPSA) is 58.2 Å². The number of hydrogen-bond donors (Lipinski definition) is 2. The van der Waals surface area contributed by atoms with Crippen LogP contribution in [0, 0.1) is 0 Å². The zero-order valence-electron chi connectivity index (χ0n) is 30.7. The molecule has 0 saturated heterocycles. The molecule has 4 rings (SSSR count). The lowest BCUT2D eigenvalue weighted by molar-refractivity contribution is 0.101. The first-order chi connectivity index (χ1) is 22.1. The Balaban J connectivity index is 1.56. The Morgan fingerprint density at radius 1 is 0.438 bits per heavy atom. The molecular weight excluding hydrogens is 629 g/mol. The van der Waals surface area contributed by atoms with E-state index in [0.717, 1.165) is 43.4 Å². The second-order valence-electron chi connectivity index (χ2n) is 16.7. The minimum absolute atomic E-state index is 0.0895. The zero-order valence-corrected chi connectivity index (χ0v) is 32.3. The van der Waals surface area contributed by atoms with Gasteiger partial charge >= 0.3 is 0 Å². The Labute approximate surface area is 296 Å². The molecule has 254 valence electrons. The first-order valence-electron chi connectivity index (χ1n) is 16.6. The van der Waals surface area contributed by atoms with Crippen LogP contribution in [-0.2, 0) is 21.7 Å². The van der Waals surface area contributed by atoms with Crippen molar-refractivity contribution in [2.75, 3.05) is 10.6 Å². The third kappa shape index (κ3) is 9.57. The Morgan fingerprint density at radius 3 is 0.979 bits per heavy atom. The number of anilines is 2. The van der Waals surface area contributed by atoms with Crippen LogP contribution >= 0.6 is 21.6 Å². The maximum atomic E-state index is 13.7. The maximum Gasteiger partial charge on any atom is 0.255 e. The summed E-state index contributed by atoms with van der Waals surface area (Å²) in [6.45, 7) is 26.1. The summed E-state index contributed by atoms with van der Waals surface area (Å²) in [5, 5.41) is 6.36. The van der Waals surface area contributed by atoms with E-state index in [1.54, 1.807) is 21.6 Å². The van der Waals surface area contributed by atoms with E-state index in [1.165, 1.54) is 0 Å². The number of benzene rings is 4. The van der Waals surface area contributed by atoms with Gasteiger partial charge in [-0.1, -0.05) is 141 Å². The molecule has 0 aliphatic heterocycles. The van der Waals surface area contributed by atoms with Gasteiger partial charge in [-0.05, 0) is 92.4 Å². The first-order valence-corrected chi connectivity index (χ1v) is 18.8. The molecule has 0 heterocycles. The number of rotatable bonds is 7. The van der Waals surface area contributed by atoms with Gasteiger partial charge in [-0.2, -0.15) is 0 Å². The average molecular weight is 681 g/mol. The van der Waals surface area contributed by atoms with Gasteiger partial charge in [0.1, 0.15) is 0 Å². The number of hydrogen-bond acceptors (Lipinski definition) is 4. The van der Waals surface area contributed by atoms with Crippen molar-refractivity contribution in [1.29, 1.82) is 0 Å². The summed E-state index contributed by atoms with van der Waals surface area (Å²) < 4.78 is 0. The average Bonchev–Trinajstić information content (AvgIpc) is 2.99. The number of amides is 2. The lowest BCUT2D eigenvalue weighted by Crippen LogP contribution is -2.20. The lowest BCUT2D eigenvalue weighted by atomic mass is 9.79. The van der Waals surface area contributed by atoms with Crippen molar-refractivity contribution in [2.45, 2.75) is 115 Å². The fourth-order valence-electron chi connectivity index (χ4n) is 5.01. The number of para-hydroxylation sites is 2. The molecule has 0 aliphatic carbocycles. The Kier molecular flexibility index (Phi) is 11.0. The van der Waals surface area contributed by atoms with Gasteiger partial charge in [0.2, 0.25) is 0 Å². The second kappa shape index (κ2) is 14.2. The Morgan fingerprint density at radius 2 is 0.708 bits per heavy atom. The van der Waals surface area contributed by atoms with Crippen molar-refractivity contribution >= 4 is 44.8 Å². The molecule has 0 bridgehead atoms. The lowest BCUT2D eigenvalue weighted by Gasteiger charge is -2.26. The molecule has 0 saturated carbocycles. The van der Waals surface area contributed by atoms with Crippen LogP contribution in [0.15, 0.2) is 94.7 Å². The summed E-state index contributed by atoms with van der Waals surface area (Å²) in [5.41, 5.74) is 6.98. The van der Waals surface area contributed by atoms with Crippen molar-refractivity contribution in [3.05, 3.63) is 118 Å². The fourth-order valence-corrected chi connectivity index (χ4v) is 7.29.